The molecule has 1 atom stereocenters. The summed E-state index contributed by atoms with van der Waals surface area (Å²) in [6, 6.07) is 15.2. The Morgan fingerprint density at radius 3 is 2.17 bits per heavy atom. The van der Waals surface area contributed by atoms with Gasteiger partial charge in [0, 0.05) is 0 Å². The van der Waals surface area contributed by atoms with Gasteiger partial charge in [-0.3, -0.25) is 4.79 Å². The number of halogens is 1. The van der Waals surface area contributed by atoms with Gasteiger partial charge in [-0.1, -0.05) is 42.0 Å². The van der Waals surface area contributed by atoms with Crippen LogP contribution in [0.1, 0.15) is 16.7 Å². The van der Waals surface area contributed by atoms with Gasteiger partial charge in [0.1, 0.15) is 18.4 Å². The number of aryl methyl sites for hydroxylation is 1. The Morgan fingerprint density at radius 1 is 1.04 bits per heavy atom. The van der Waals surface area contributed by atoms with Gasteiger partial charge in [-0.15, -0.1) is 12.4 Å². The number of carbonyl (C=O) groups is 1. The number of esters is 1. The van der Waals surface area contributed by atoms with Crippen LogP contribution in [0, 0.1) is 6.92 Å². The molecule has 0 aliphatic rings. The van der Waals surface area contributed by atoms with Crippen LogP contribution >= 0.6 is 12.4 Å². The summed E-state index contributed by atoms with van der Waals surface area (Å²) in [5, 5.41) is 0. The van der Waals surface area contributed by atoms with E-state index in [0.717, 1.165) is 16.9 Å². The molecule has 0 unspecified atom stereocenters. The van der Waals surface area contributed by atoms with Gasteiger partial charge in [0.05, 0.1) is 7.11 Å². The molecule has 2 N–H and O–H groups in total. The van der Waals surface area contributed by atoms with Crippen LogP contribution in [-0.4, -0.2) is 19.1 Å². The Balaban J connectivity index is 0.00000264. The van der Waals surface area contributed by atoms with Gasteiger partial charge in [0.25, 0.3) is 0 Å². The molecule has 23 heavy (non-hydrogen) atoms. The van der Waals surface area contributed by atoms with Crippen LogP contribution in [0.25, 0.3) is 0 Å². The van der Waals surface area contributed by atoms with Crippen LogP contribution in [0.15, 0.2) is 48.5 Å². The summed E-state index contributed by atoms with van der Waals surface area (Å²) in [5.74, 6) is 0.385. The minimum atomic E-state index is -0.635. The molecule has 0 bridgehead atoms. The summed E-state index contributed by atoms with van der Waals surface area (Å²) in [6.45, 7) is 2.59. The zero-order valence-electron chi connectivity index (χ0n) is 13.3. The van der Waals surface area contributed by atoms with Crippen molar-refractivity contribution in [2.45, 2.75) is 26.0 Å². The molecule has 0 amide bonds. The molecule has 124 valence electrons. The van der Waals surface area contributed by atoms with Crippen LogP contribution in [0.4, 0.5) is 0 Å². The average Bonchev–Trinajstić information content (AvgIpc) is 2.55. The van der Waals surface area contributed by atoms with E-state index in [9.17, 15) is 4.79 Å². The van der Waals surface area contributed by atoms with Crippen LogP contribution in [-0.2, 0) is 22.6 Å². The summed E-state index contributed by atoms with van der Waals surface area (Å²) in [5.41, 5.74) is 9.07. The van der Waals surface area contributed by atoms with Crippen molar-refractivity contribution in [3.8, 4) is 5.75 Å². The number of methoxy groups -OCH3 is 1. The lowest BCUT2D eigenvalue weighted by Crippen LogP contribution is -2.33. The van der Waals surface area contributed by atoms with E-state index in [1.165, 1.54) is 12.7 Å². The molecule has 0 saturated carbocycles. The smallest absolute Gasteiger partial charge is 0.322 e. The van der Waals surface area contributed by atoms with Gasteiger partial charge in [0.15, 0.2) is 0 Å². The Labute approximate surface area is 143 Å². The maximum atomic E-state index is 11.3. The third kappa shape index (κ3) is 5.93. The Kier molecular flexibility index (Phi) is 7.59. The SMILES string of the molecule is COC(=O)[C@@H](N)Cc1ccc(OCc2ccc(C)cc2)cc1.Cl. The molecule has 0 fully saturated rings. The predicted molar refractivity (Wildman–Crippen MR) is 92.9 cm³/mol. The summed E-state index contributed by atoms with van der Waals surface area (Å²) in [4.78, 5) is 11.3. The number of ether oxygens (including phenoxy) is 2. The molecule has 0 spiro atoms. The van der Waals surface area contributed by atoms with E-state index in [2.05, 4.69) is 35.9 Å². The first-order valence-corrected chi connectivity index (χ1v) is 7.19. The summed E-state index contributed by atoms with van der Waals surface area (Å²) < 4.78 is 10.4. The highest BCUT2D eigenvalue weighted by Crippen LogP contribution is 2.15. The lowest BCUT2D eigenvalue weighted by Gasteiger charge is -2.10. The predicted octanol–water partition coefficient (Wildman–Crippen LogP) is 3.04. The van der Waals surface area contributed by atoms with E-state index in [4.69, 9.17) is 10.5 Å². The molecule has 0 aromatic heterocycles. The third-order valence-corrected chi connectivity index (χ3v) is 3.41. The second-order valence-electron chi connectivity index (χ2n) is 5.25. The topological polar surface area (TPSA) is 61.5 Å². The highest BCUT2D eigenvalue weighted by atomic mass is 35.5. The molecule has 2 rings (SSSR count). The largest absolute Gasteiger partial charge is 0.489 e. The van der Waals surface area contributed by atoms with Gasteiger partial charge in [0.2, 0.25) is 0 Å². The third-order valence-electron chi connectivity index (χ3n) is 3.41. The van der Waals surface area contributed by atoms with E-state index in [1.807, 2.05) is 24.3 Å². The highest BCUT2D eigenvalue weighted by molar-refractivity contribution is 5.85. The first-order valence-electron chi connectivity index (χ1n) is 7.19. The normalized spacial score (nSPS) is 11.3. The fourth-order valence-corrected chi connectivity index (χ4v) is 2.06. The van der Waals surface area contributed by atoms with Crippen molar-refractivity contribution in [3.05, 3.63) is 65.2 Å². The monoisotopic (exact) mass is 335 g/mol. The van der Waals surface area contributed by atoms with E-state index in [1.54, 1.807) is 0 Å². The van der Waals surface area contributed by atoms with Crippen LogP contribution in [0.5, 0.6) is 5.75 Å². The van der Waals surface area contributed by atoms with Gasteiger partial charge < -0.3 is 15.2 Å². The Bertz CT molecular complexity index is 611. The van der Waals surface area contributed by atoms with Crippen molar-refractivity contribution in [1.82, 2.24) is 0 Å². The summed E-state index contributed by atoms with van der Waals surface area (Å²) >= 11 is 0. The zero-order chi connectivity index (χ0) is 15.9. The van der Waals surface area contributed by atoms with E-state index in [0.29, 0.717) is 13.0 Å². The lowest BCUT2D eigenvalue weighted by atomic mass is 10.1. The maximum Gasteiger partial charge on any atom is 0.322 e. The average molecular weight is 336 g/mol. The van der Waals surface area contributed by atoms with Crippen LogP contribution in [0.3, 0.4) is 0 Å². The molecule has 5 heteroatoms. The standard InChI is InChI=1S/C18H21NO3.ClH/c1-13-3-5-15(6-4-13)12-22-16-9-7-14(8-10-16)11-17(19)18(20)21-2;/h3-10,17H,11-12,19H2,1-2H3;1H/t17-;/m0./s1. The van der Waals surface area contributed by atoms with Gasteiger partial charge >= 0.3 is 5.97 Å². The number of hydrogen-bond acceptors (Lipinski definition) is 4. The quantitative estimate of drug-likeness (QED) is 0.824. The minimum Gasteiger partial charge on any atom is -0.489 e. The first kappa shape index (κ1) is 19.0. The fraction of sp³-hybridized carbons (Fsp3) is 0.278. The fourth-order valence-electron chi connectivity index (χ4n) is 2.06. The second kappa shape index (κ2) is 9.18. The number of rotatable bonds is 6. The van der Waals surface area contributed by atoms with Gasteiger partial charge in [-0.2, -0.15) is 0 Å². The van der Waals surface area contributed by atoms with Gasteiger partial charge in [-0.25, -0.2) is 0 Å². The van der Waals surface area contributed by atoms with Gasteiger partial charge in [-0.05, 0) is 36.6 Å². The zero-order valence-corrected chi connectivity index (χ0v) is 14.1. The number of nitrogens with two attached hydrogens (primary N) is 1. The molecule has 0 saturated heterocycles. The Hall–Kier alpha value is -2.04. The van der Waals surface area contributed by atoms with E-state index < -0.39 is 12.0 Å². The van der Waals surface area contributed by atoms with Crippen LogP contribution < -0.4 is 10.5 Å². The van der Waals surface area contributed by atoms with Crippen molar-refractivity contribution in [3.63, 3.8) is 0 Å². The van der Waals surface area contributed by atoms with Crippen LogP contribution in [0.2, 0.25) is 0 Å². The van der Waals surface area contributed by atoms with Crippen molar-refractivity contribution >= 4 is 18.4 Å². The second-order valence-corrected chi connectivity index (χ2v) is 5.25. The van der Waals surface area contributed by atoms with E-state index in [-0.39, 0.29) is 12.4 Å². The van der Waals surface area contributed by atoms with Crippen molar-refractivity contribution in [1.29, 1.82) is 0 Å². The molecule has 0 aliphatic carbocycles. The minimum absolute atomic E-state index is 0. The molecule has 2 aromatic rings. The summed E-state index contributed by atoms with van der Waals surface area (Å²) in [7, 11) is 1.34. The first-order chi connectivity index (χ1) is 10.6. The molecule has 0 aliphatic heterocycles. The molecular formula is C18H22ClNO3. The molecule has 0 radical (unpaired) electrons. The molecule has 0 heterocycles. The van der Waals surface area contributed by atoms with Crippen molar-refractivity contribution in [2.24, 2.45) is 5.73 Å². The number of hydrogen-bond donors (Lipinski definition) is 1. The highest BCUT2D eigenvalue weighted by Gasteiger charge is 2.13. The molecular weight excluding hydrogens is 314 g/mol. The molecule has 4 nitrogen and oxygen atoms in total. The van der Waals surface area contributed by atoms with Crippen molar-refractivity contribution in [2.75, 3.05) is 7.11 Å². The maximum absolute atomic E-state index is 11.3. The number of carbonyl (C=O) groups excluding carboxylic acids is 1. The molecule has 2 aromatic carbocycles. The number of benzene rings is 2. The van der Waals surface area contributed by atoms with Crippen molar-refractivity contribution < 1.29 is 14.3 Å². The summed E-state index contributed by atoms with van der Waals surface area (Å²) in [6.07, 6.45) is 0.449. The lowest BCUT2D eigenvalue weighted by molar-refractivity contribution is -0.142. The van der Waals surface area contributed by atoms with E-state index >= 15 is 0 Å². The Morgan fingerprint density at radius 2 is 1.61 bits per heavy atom.